The second-order valence-corrected chi connectivity index (χ2v) is 10.2. The van der Waals surface area contributed by atoms with Crippen molar-refractivity contribution in [2.75, 3.05) is 7.11 Å². The van der Waals surface area contributed by atoms with E-state index in [1.165, 1.54) is 4.68 Å². The summed E-state index contributed by atoms with van der Waals surface area (Å²) >= 11 is 0. The van der Waals surface area contributed by atoms with Crippen LogP contribution in [0.1, 0.15) is 25.8 Å². The molecule has 4 heterocycles. The Balaban J connectivity index is 1.19. The van der Waals surface area contributed by atoms with Crippen molar-refractivity contribution in [2.24, 2.45) is 5.92 Å². The van der Waals surface area contributed by atoms with E-state index in [1.54, 1.807) is 25.4 Å². The quantitative estimate of drug-likeness (QED) is 0.348. The summed E-state index contributed by atoms with van der Waals surface area (Å²) in [6.45, 7) is 4.16. The van der Waals surface area contributed by atoms with Crippen LogP contribution in [0.25, 0.3) is 28.1 Å². The second kappa shape index (κ2) is 10.3. The Labute approximate surface area is 226 Å². The lowest BCUT2D eigenvalue weighted by molar-refractivity contribution is -0.205. The van der Waals surface area contributed by atoms with Gasteiger partial charge in [0.1, 0.15) is 11.6 Å². The topological polar surface area (TPSA) is 97.6 Å². The highest BCUT2D eigenvalue weighted by atomic mass is 16.8. The molecule has 200 valence electrons. The number of pyridine rings is 1. The highest BCUT2D eigenvalue weighted by Gasteiger charge is 2.53. The zero-order valence-corrected chi connectivity index (χ0v) is 22.1. The molecule has 0 N–H and O–H groups in total. The highest BCUT2D eigenvalue weighted by molar-refractivity contribution is 5.76. The standard InChI is InChI=1S/C30H30N4O5/c1-30(2)38-27-23(16-17-34-28(35)22-6-4-5-7-24(22)32-33-34)25(37-29(27)39-30)14-10-19-8-11-20(12-9-19)21-13-15-26(36-3)31-18-21/h4-15,18,23,25,27,29H,16-17H2,1-3H3/t23-,25+,27-,29-/m0/s1. The normalized spacial score (nSPS) is 23.9. The molecule has 9 nitrogen and oxygen atoms in total. The van der Waals surface area contributed by atoms with E-state index in [9.17, 15) is 4.79 Å². The van der Waals surface area contributed by atoms with Crippen LogP contribution in [0.3, 0.4) is 0 Å². The first-order valence-electron chi connectivity index (χ1n) is 13.0. The maximum Gasteiger partial charge on any atom is 0.277 e. The van der Waals surface area contributed by atoms with Gasteiger partial charge in [-0.3, -0.25) is 4.79 Å². The number of ether oxygens (including phenoxy) is 4. The summed E-state index contributed by atoms with van der Waals surface area (Å²) in [7, 11) is 1.60. The molecule has 2 fully saturated rings. The number of fused-ring (bicyclic) bond motifs is 2. The van der Waals surface area contributed by atoms with Crippen LogP contribution in [-0.2, 0) is 20.8 Å². The SMILES string of the molecule is COc1ccc(-c2ccc(C=C[C@H]3O[C@H]4OC(C)(C)O[C@H]4[C@H]3CCn3nnc4ccccc4c3=O)cc2)cn1. The van der Waals surface area contributed by atoms with Gasteiger partial charge < -0.3 is 18.9 Å². The number of methoxy groups -OCH3 is 1. The van der Waals surface area contributed by atoms with Crippen LogP contribution in [0.4, 0.5) is 0 Å². The largest absolute Gasteiger partial charge is 0.481 e. The fourth-order valence-corrected chi connectivity index (χ4v) is 5.22. The van der Waals surface area contributed by atoms with Crippen molar-refractivity contribution >= 4 is 17.0 Å². The molecule has 0 amide bonds. The van der Waals surface area contributed by atoms with Gasteiger partial charge in [0, 0.05) is 30.3 Å². The number of aryl methyl sites for hydroxylation is 1. The van der Waals surface area contributed by atoms with Crippen molar-refractivity contribution in [3.8, 4) is 17.0 Å². The lowest BCUT2D eigenvalue weighted by Crippen LogP contribution is -2.32. The van der Waals surface area contributed by atoms with Crippen molar-refractivity contribution in [1.82, 2.24) is 20.0 Å². The average Bonchev–Trinajstić information content (AvgIpc) is 3.43. The van der Waals surface area contributed by atoms with Crippen molar-refractivity contribution in [2.45, 2.75) is 51.1 Å². The van der Waals surface area contributed by atoms with Gasteiger partial charge in [-0.05, 0) is 49.6 Å². The van der Waals surface area contributed by atoms with Crippen LogP contribution < -0.4 is 10.3 Å². The smallest absolute Gasteiger partial charge is 0.277 e. The van der Waals surface area contributed by atoms with E-state index in [0.29, 0.717) is 29.7 Å². The van der Waals surface area contributed by atoms with Crippen molar-refractivity contribution in [3.63, 3.8) is 0 Å². The van der Waals surface area contributed by atoms with Crippen LogP contribution in [-0.4, -0.2) is 51.4 Å². The summed E-state index contributed by atoms with van der Waals surface area (Å²) in [4.78, 5) is 17.3. The molecule has 6 rings (SSSR count). The van der Waals surface area contributed by atoms with Gasteiger partial charge in [0.25, 0.3) is 5.56 Å². The van der Waals surface area contributed by atoms with Gasteiger partial charge in [-0.1, -0.05) is 53.8 Å². The molecule has 2 aromatic carbocycles. The zero-order valence-electron chi connectivity index (χ0n) is 22.1. The Morgan fingerprint density at radius 2 is 1.82 bits per heavy atom. The first-order chi connectivity index (χ1) is 18.9. The van der Waals surface area contributed by atoms with Gasteiger partial charge in [0.2, 0.25) is 5.88 Å². The van der Waals surface area contributed by atoms with Crippen LogP contribution >= 0.6 is 0 Å². The lowest BCUT2D eigenvalue weighted by Gasteiger charge is -2.24. The molecule has 0 radical (unpaired) electrons. The molecule has 4 aromatic rings. The molecule has 2 aliphatic rings. The fraction of sp³-hybridized carbons (Fsp3) is 0.333. The molecule has 0 bridgehead atoms. The van der Waals surface area contributed by atoms with E-state index in [-0.39, 0.29) is 23.7 Å². The minimum absolute atomic E-state index is 0.0298. The minimum atomic E-state index is -0.728. The number of benzene rings is 2. The van der Waals surface area contributed by atoms with Crippen molar-refractivity contribution < 1.29 is 18.9 Å². The summed E-state index contributed by atoms with van der Waals surface area (Å²) in [5.41, 5.74) is 3.56. The van der Waals surface area contributed by atoms with E-state index in [4.69, 9.17) is 18.9 Å². The Morgan fingerprint density at radius 1 is 1.03 bits per heavy atom. The fourth-order valence-electron chi connectivity index (χ4n) is 5.22. The molecular formula is C30H30N4O5. The zero-order chi connectivity index (χ0) is 27.0. The molecule has 9 heteroatoms. The maximum absolute atomic E-state index is 13.0. The third kappa shape index (κ3) is 5.21. The molecule has 0 saturated carbocycles. The van der Waals surface area contributed by atoms with Crippen LogP contribution in [0, 0.1) is 5.92 Å². The number of rotatable bonds is 7. The molecular weight excluding hydrogens is 496 g/mol. The van der Waals surface area contributed by atoms with Crippen LogP contribution in [0.5, 0.6) is 5.88 Å². The van der Waals surface area contributed by atoms with Gasteiger partial charge in [0.15, 0.2) is 12.1 Å². The average molecular weight is 527 g/mol. The van der Waals surface area contributed by atoms with E-state index >= 15 is 0 Å². The Bertz CT molecular complexity index is 1550. The summed E-state index contributed by atoms with van der Waals surface area (Å²) < 4.78 is 25.1. The lowest BCUT2D eigenvalue weighted by atomic mass is 9.93. The van der Waals surface area contributed by atoms with Gasteiger partial charge in [-0.2, -0.15) is 0 Å². The van der Waals surface area contributed by atoms with Crippen molar-refractivity contribution in [1.29, 1.82) is 0 Å². The molecule has 2 aliphatic heterocycles. The van der Waals surface area contributed by atoms with Crippen LogP contribution in [0.15, 0.2) is 77.7 Å². The van der Waals surface area contributed by atoms with Gasteiger partial charge in [-0.25, -0.2) is 9.67 Å². The number of hydrogen-bond donors (Lipinski definition) is 0. The monoisotopic (exact) mass is 526 g/mol. The van der Waals surface area contributed by atoms with E-state index in [1.807, 2.05) is 50.3 Å². The summed E-state index contributed by atoms with van der Waals surface area (Å²) in [5.74, 6) is -0.172. The third-order valence-corrected chi connectivity index (χ3v) is 7.19. The Hall–Kier alpha value is -3.92. The Kier molecular flexibility index (Phi) is 6.72. The molecule has 0 unspecified atom stereocenters. The first kappa shape index (κ1) is 25.4. The molecule has 4 atom stereocenters. The molecule has 39 heavy (non-hydrogen) atoms. The van der Waals surface area contributed by atoms with E-state index in [0.717, 1.165) is 16.7 Å². The molecule has 2 saturated heterocycles. The molecule has 0 aliphatic carbocycles. The first-order valence-corrected chi connectivity index (χ1v) is 13.0. The third-order valence-electron chi connectivity index (χ3n) is 7.19. The Morgan fingerprint density at radius 3 is 2.59 bits per heavy atom. The number of aromatic nitrogens is 4. The van der Waals surface area contributed by atoms with E-state index < -0.39 is 12.1 Å². The van der Waals surface area contributed by atoms with Gasteiger partial charge in [-0.15, -0.1) is 5.10 Å². The molecule has 0 spiro atoms. The number of nitrogens with zero attached hydrogens (tertiary/aromatic N) is 4. The predicted molar refractivity (Wildman–Crippen MR) is 146 cm³/mol. The summed E-state index contributed by atoms with van der Waals surface area (Å²) in [6, 6.07) is 19.3. The van der Waals surface area contributed by atoms with Gasteiger partial charge >= 0.3 is 0 Å². The second-order valence-electron chi connectivity index (χ2n) is 10.2. The highest BCUT2D eigenvalue weighted by Crippen LogP contribution is 2.42. The van der Waals surface area contributed by atoms with E-state index in [2.05, 4.69) is 39.6 Å². The summed E-state index contributed by atoms with van der Waals surface area (Å²) in [5, 5.41) is 8.92. The van der Waals surface area contributed by atoms with Gasteiger partial charge in [0.05, 0.1) is 18.6 Å². The number of hydrogen-bond acceptors (Lipinski definition) is 8. The van der Waals surface area contributed by atoms with Crippen molar-refractivity contribution in [3.05, 3.63) is 88.9 Å². The molecule has 2 aromatic heterocycles. The predicted octanol–water partition coefficient (Wildman–Crippen LogP) is 4.46. The van der Waals surface area contributed by atoms with Crippen LogP contribution in [0.2, 0.25) is 0 Å². The minimum Gasteiger partial charge on any atom is -0.481 e. The maximum atomic E-state index is 13.0. The summed E-state index contributed by atoms with van der Waals surface area (Å²) in [6.07, 6.45) is 5.54.